The lowest BCUT2D eigenvalue weighted by atomic mass is 10.1. The second-order valence-electron chi connectivity index (χ2n) is 13.3. The number of carbonyl (C=O) groups excluding carboxylic acids is 3. The van der Waals surface area contributed by atoms with Gasteiger partial charge in [0.1, 0.15) is 71.1 Å². The number of methoxy groups -OCH3 is 2. The van der Waals surface area contributed by atoms with Crippen LogP contribution < -0.4 is 18.9 Å². The van der Waals surface area contributed by atoms with Crippen molar-refractivity contribution in [3.63, 3.8) is 0 Å². The van der Waals surface area contributed by atoms with Gasteiger partial charge in [-0.1, -0.05) is 0 Å². The molecule has 4 rings (SSSR count). The molecule has 328 valence electrons. The van der Waals surface area contributed by atoms with Gasteiger partial charge in [-0.25, -0.2) is 31.0 Å². The number of aryl methyl sites for hydroxylation is 2. The summed E-state index contributed by atoms with van der Waals surface area (Å²) in [6.07, 6.45) is 2.11. The Morgan fingerprint density at radius 3 is 1.35 bits per heavy atom. The summed E-state index contributed by atoms with van der Waals surface area (Å²) in [6.45, 7) is 7.39. The van der Waals surface area contributed by atoms with Gasteiger partial charge < -0.3 is 37.9 Å². The van der Waals surface area contributed by atoms with Gasteiger partial charge in [0.2, 0.25) is 11.8 Å². The Morgan fingerprint density at radius 2 is 1.02 bits per heavy atom. The van der Waals surface area contributed by atoms with Gasteiger partial charge in [-0.05, 0) is 64.1 Å². The molecule has 0 aliphatic rings. The molecule has 19 nitrogen and oxygen atoms in total. The van der Waals surface area contributed by atoms with Gasteiger partial charge >= 0.3 is 6.16 Å². The van der Waals surface area contributed by atoms with Gasteiger partial charge in [-0.15, -0.1) is 0 Å². The molecule has 2 atom stereocenters. The van der Waals surface area contributed by atoms with Gasteiger partial charge in [0.25, 0.3) is 0 Å². The Balaban J connectivity index is 1.39. The van der Waals surface area contributed by atoms with Crippen LogP contribution >= 0.6 is 0 Å². The summed E-state index contributed by atoms with van der Waals surface area (Å²) in [5, 5.41) is 8.49. The van der Waals surface area contributed by atoms with Crippen molar-refractivity contribution in [3.8, 4) is 23.3 Å². The Bertz CT molecular complexity index is 2200. The minimum atomic E-state index is -3.68. The molecule has 0 saturated heterocycles. The van der Waals surface area contributed by atoms with Gasteiger partial charge in [0.15, 0.2) is 31.2 Å². The third-order valence-electron chi connectivity index (χ3n) is 8.47. The van der Waals surface area contributed by atoms with Crippen LogP contribution in [0.15, 0.2) is 58.6 Å². The summed E-state index contributed by atoms with van der Waals surface area (Å²) in [5.74, 6) is -0.844. The van der Waals surface area contributed by atoms with Crippen molar-refractivity contribution in [1.82, 2.24) is 19.6 Å². The van der Waals surface area contributed by atoms with Gasteiger partial charge in [0.05, 0.1) is 25.6 Å². The Morgan fingerprint density at radius 1 is 0.633 bits per heavy atom. The van der Waals surface area contributed by atoms with Crippen molar-refractivity contribution < 1.29 is 69.1 Å². The van der Waals surface area contributed by atoms with E-state index in [2.05, 4.69) is 10.2 Å². The number of aromatic nitrogens is 4. The first kappa shape index (κ1) is 47.2. The predicted octanol–water partition coefficient (Wildman–Crippen LogP) is 3.83. The van der Waals surface area contributed by atoms with E-state index in [1.807, 2.05) is 0 Å². The zero-order chi connectivity index (χ0) is 44.2. The molecule has 0 aliphatic carbocycles. The molecule has 2 unspecified atom stereocenters. The maximum atomic E-state index is 13.7. The molecule has 0 amide bonds. The largest absolute Gasteiger partial charge is 0.508 e. The number of rotatable bonds is 24. The van der Waals surface area contributed by atoms with Crippen molar-refractivity contribution in [2.24, 2.45) is 0 Å². The molecule has 0 aliphatic heterocycles. The number of sulfone groups is 2. The van der Waals surface area contributed by atoms with E-state index in [1.165, 1.54) is 72.4 Å². The number of ketones is 2. The normalized spacial score (nSPS) is 12.7. The first-order valence-electron chi connectivity index (χ1n) is 18.7. The fourth-order valence-electron chi connectivity index (χ4n) is 5.54. The Labute approximate surface area is 348 Å². The Hall–Kier alpha value is -5.51. The van der Waals surface area contributed by atoms with E-state index < -0.39 is 49.6 Å². The van der Waals surface area contributed by atoms with Crippen LogP contribution in [0.2, 0.25) is 0 Å². The van der Waals surface area contributed by atoms with E-state index in [0.29, 0.717) is 13.1 Å². The molecule has 0 N–H and O–H groups in total. The maximum Gasteiger partial charge on any atom is 0.508 e. The zero-order valence-electron chi connectivity index (χ0n) is 34.7. The standard InChI is InChI=1S/C39H50N4O15S2/c1-9-42-37(29(21-40-42)35(44)27-11-13-33(59(7,47)48)31(19-27)53-17-15-51-5)57-25(3)23-55-39(46)56-24-26(4)58-38-30(22-41-43(38)10-2)36(45)28-12-14-34(60(8,49)50)32(20-28)54-18-16-52-6/h11-14,19-22,25-26H,9-10,15-18,23-24H2,1-8H3. The number of ether oxygens (including phenoxy) is 8. The van der Waals surface area contributed by atoms with E-state index >= 15 is 0 Å². The molecule has 4 aromatic rings. The van der Waals surface area contributed by atoms with E-state index in [-0.39, 0.29) is 94.9 Å². The van der Waals surface area contributed by atoms with Crippen molar-refractivity contribution in [2.75, 3.05) is 66.4 Å². The van der Waals surface area contributed by atoms with E-state index in [9.17, 15) is 31.2 Å². The van der Waals surface area contributed by atoms with Crippen LogP contribution in [0.4, 0.5) is 4.79 Å². The van der Waals surface area contributed by atoms with Crippen LogP contribution in [0.3, 0.4) is 0 Å². The van der Waals surface area contributed by atoms with Gasteiger partial charge in [0, 0.05) is 50.9 Å². The second kappa shape index (κ2) is 21.1. The average molecular weight is 879 g/mol. The lowest BCUT2D eigenvalue weighted by Gasteiger charge is -2.18. The highest BCUT2D eigenvalue weighted by Gasteiger charge is 2.27. The molecule has 0 bridgehead atoms. The molecule has 0 saturated carbocycles. The van der Waals surface area contributed by atoms with E-state index in [4.69, 9.17) is 37.9 Å². The number of carbonyl (C=O) groups is 3. The lowest BCUT2D eigenvalue weighted by molar-refractivity contribution is 0.00976. The van der Waals surface area contributed by atoms with E-state index in [0.717, 1.165) is 12.5 Å². The molecule has 2 aromatic carbocycles. The van der Waals surface area contributed by atoms with Crippen molar-refractivity contribution in [2.45, 2.75) is 62.8 Å². The first-order chi connectivity index (χ1) is 28.4. The van der Waals surface area contributed by atoms with Crippen LogP contribution in [0.1, 0.15) is 59.5 Å². The molecule has 0 radical (unpaired) electrons. The van der Waals surface area contributed by atoms with Crippen molar-refractivity contribution >= 4 is 37.4 Å². The van der Waals surface area contributed by atoms with Crippen LogP contribution in [-0.4, -0.2) is 133 Å². The number of hydrogen-bond donors (Lipinski definition) is 0. The zero-order valence-corrected chi connectivity index (χ0v) is 36.3. The summed E-state index contributed by atoms with van der Waals surface area (Å²) < 4.78 is 96.2. The molecular weight excluding hydrogens is 829 g/mol. The topological polar surface area (TPSA) is 229 Å². The minimum absolute atomic E-state index is 0.00631. The van der Waals surface area contributed by atoms with Crippen LogP contribution in [0, 0.1) is 0 Å². The quantitative estimate of drug-likeness (QED) is 0.0553. The first-order valence-corrected chi connectivity index (χ1v) is 22.5. The van der Waals surface area contributed by atoms with Gasteiger partial charge in [-0.3, -0.25) is 9.59 Å². The predicted molar refractivity (Wildman–Crippen MR) is 214 cm³/mol. The molecule has 2 aromatic heterocycles. The number of nitrogens with zero attached hydrogens (tertiary/aromatic N) is 4. The molecule has 0 spiro atoms. The number of benzene rings is 2. The second-order valence-corrected chi connectivity index (χ2v) is 17.3. The average Bonchev–Trinajstić information content (AvgIpc) is 3.81. The third kappa shape index (κ3) is 12.3. The lowest BCUT2D eigenvalue weighted by Crippen LogP contribution is -2.27. The summed E-state index contributed by atoms with van der Waals surface area (Å²) in [5.41, 5.74) is 0.410. The van der Waals surface area contributed by atoms with Crippen LogP contribution in [-0.2, 0) is 51.7 Å². The molecular formula is C39H50N4O15S2. The fraction of sp³-hybridized carbons (Fsp3) is 0.462. The van der Waals surface area contributed by atoms with Crippen LogP contribution in [0.25, 0.3) is 0 Å². The van der Waals surface area contributed by atoms with Crippen molar-refractivity contribution in [1.29, 1.82) is 0 Å². The van der Waals surface area contributed by atoms with E-state index in [1.54, 1.807) is 27.7 Å². The number of hydrogen-bond acceptors (Lipinski definition) is 17. The van der Waals surface area contributed by atoms with Gasteiger partial charge in [-0.2, -0.15) is 10.2 Å². The smallest absolute Gasteiger partial charge is 0.490 e. The molecule has 60 heavy (non-hydrogen) atoms. The third-order valence-corrected chi connectivity index (χ3v) is 10.7. The van der Waals surface area contributed by atoms with Crippen molar-refractivity contribution in [3.05, 3.63) is 71.0 Å². The summed E-state index contributed by atoms with van der Waals surface area (Å²) in [4.78, 5) is 39.9. The summed E-state index contributed by atoms with van der Waals surface area (Å²) >= 11 is 0. The SMILES string of the molecule is CCn1ncc(C(=O)c2ccc(S(C)(=O)=O)c(OCCOC)c2)c1OC(C)COC(=O)OCC(C)Oc1c(C(=O)c2ccc(S(C)(=O)=O)c(OCCOC)c2)cnn1CC. The highest BCUT2D eigenvalue weighted by molar-refractivity contribution is 7.91. The molecule has 0 fully saturated rings. The van der Waals surface area contributed by atoms with Crippen LogP contribution in [0.5, 0.6) is 23.3 Å². The summed E-state index contributed by atoms with van der Waals surface area (Å²) in [7, 11) is -4.41. The molecule has 21 heteroatoms. The molecule has 2 heterocycles. The Kier molecular flexibility index (Phi) is 16.6. The monoisotopic (exact) mass is 878 g/mol. The highest BCUT2D eigenvalue weighted by Crippen LogP contribution is 2.31. The fourth-order valence-corrected chi connectivity index (χ4v) is 7.14. The summed E-state index contributed by atoms with van der Waals surface area (Å²) in [6, 6.07) is 8.00. The minimum Gasteiger partial charge on any atom is -0.490 e. The maximum absolute atomic E-state index is 13.7. The highest BCUT2D eigenvalue weighted by atomic mass is 32.2.